The summed E-state index contributed by atoms with van der Waals surface area (Å²) < 4.78 is 5.52. The Morgan fingerprint density at radius 2 is 2.22 bits per heavy atom. The van der Waals surface area contributed by atoms with Crippen molar-refractivity contribution in [2.24, 2.45) is 0 Å². The molecular weight excluding hydrogens is 248 g/mol. The van der Waals surface area contributed by atoms with Crippen LogP contribution in [0.2, 0.25) is 0 Å². The van der Waals surface area contributed by atoms with Crippen LogP contribution in [0.1, 0.15) is 17.3 Å². The maximum absolute atomic E-state index is 5.52. The quantitative estimate of drug-likeness (QED) is 0.784. The third-order valence-electron chi connectivity index (χ3n) is 2.74. The molecule has 0 amide bonds. The van der Waals surface area contributed by atoms with Crippen molar-refractivity contribution in [3.05, 3.63) is 35.1 Å². The van der Waals surface area contributed by atoms with Crippen LogP contribution in [0.5, 0.6) is 0 Å². The van der Waals surface area contributed by atoms with Gasteiger partial charge in [-0.2, -0.15) is 0 Å². The standard InChI is InChI=1S/C12H12N4OS/c1-7-8(2)17-10(16-7)5-13-11-9-3-4-18-12(9)15-6-14-11/h3-4,6H,5H2,1-2H3,(H,13,14,15). The molecule has 3 heterocycles. The fourth-order valence-corrected chi connectivity index (χ4v) is 2.44. The Bertz CT molecular complexity index is 669. The monoisotopic (exact) mass is 260 g/mol. The fraction of sp³-hybridized carbons (Fsp3) is 0.250. The van der Waals surface area contributed by atoms with Crippen molar-refractivity contribution in [1.82, 2.24) is 15.0 Å². The molecule has 0 atom stereocenters. The summed E-state index contributed by atoms with van der Waals surface area (Å²) in [6.45, 7) is 4.37. The molecule has 0 aliphatic rings. The van der Waals surface area contributed by atoms with Crippen LogP contribution in [-0.2, 0) is 6.54 Å². The lowest BCUT2D eigenvalue weighted by Crippen LogP contribution is -2.02. The van der Waals surface area contributed by atoms with Gasteiger partial charge < -0.3 is 9.73 Å². The minimum absolute atomic E-state index is 0.524. The second kappa shape index (κ2) is 4.38. The van der Waals surface area contributed by atoms with Crippen molar-refractivity contribution in [1.29, 1.82) is 0 Å². The molecular formula is C12H12N4OS. The van der Waals surface area contributed by atoms with Crippen molar-refractivity contribution in [3.63, 3.8) is 0 Å². The van der Waals surface area contributed by atoms with Crippen LogP contribution in [-0.4, -0.2) is 15.0 Å². The average molecular weight is 260 g/mol. The molecule has 0 aliphatic carbocycles. The molecule has 0 aromatic carbocycles. The molecule has 92 valence electrons. The van der Waals surface area contributed by atoms with Gasteiger partial charge in [0.25, 0.3) is 0 Å². The maximum Gasteiger partial charge on any atom is 0.213 e. The van der Waals surface area contributed by atoms with Crippen molar-refractivity contribution in [2.45, 2.75) is 20.4 Å². The predicted molar refractivity (Wildman–Crippen MR) is 70.7 cm³/mol. The lowest BCUT2D eigenvalue weighted by molar-refractivity contribution is 0.478. The van der Waals surface area contributed by atoms with E-state index in [1.165, 1.54) is 0 Å². The zero-order valence-corrected chi connectivity index (χ0v) is 10.9. The van der Waals surface area contributed by atoms with Gasteiger partial charge in [0.2, 0.25) is 5.89 Å². The fourth-order valence-electron chi connectivity index (χ4n) is 1.71. The second-order valence-electron chi connectivity index (χ2n) is 3.96. The van der Waals surface area contributed by atoms with Gasteiger partial charge in [-0.3, -0.25) is 0 Å². The molecule has 0 saturated carbocycles. The molecule has 6 heteroatoms. The number of rotatable bonds is 3. The molecule has 3 aromatic rings. The Morgan fingerprint density at radius 3 is 3.00 bits per heavy atom. The second-order valence-corrected chi connectivity index (χ2v) is 4.86. The molecule has 0 bridgehead atoms. The summed E-state index contributed by atoms with van der Waals surface area (Å²) in [5.41, 5.74) is 0.926. The number of fused-ring (bicyclic) bond motifs is 1. The Hall–Kier alpha value is -1.95. The van der Waals surface area contributed by atoms with Crippen molar-refractivity contribution < 1.29 is 4.42 Å². The molecule has 0 spiro atoms. The molecule has 3 aromatic heterocycles. The summed E-state index contributed by atoms with van der Waals surface area (Å²) in [6.07, 6.45) is 1.56. The Kier molecular flexibility index (Phi) is 2.71. The highest BCUT2D eigenvalue weighted by Crippen LogP contribution is 2.24. The molecule has 0 fully saturated rings. The summed E-state index contributed by atoms with van der Waals surface area (Å²) in [6, 6.07) is 2.01. The van der Waals surface area contributed by atoms with Crippen molar-refractivity contribution in [3.8, 4) is 0 Å². The lowest BCUT2D eigenvalue weighted by atomic mass is 10.4. The van der Waals surface area contributed by atoms with Crippen LogP contribution in [0.15, 0.2) is 22.2 Å². The Labute approximate surface area is 108 Å². The summed E-state index contributed by atoms with van der Waals surface area (Å²) in [4.78, 5) is 13.7. The lowest BCUT2D eigenvalue weighted by Gasteiger charge is -2.03. The van der Waals surface area contributed by atoms with Gasteiger partial charge in [0.05, 0.1) is 17.6 Å². The van der Waals surface area contributed by atoms with Gasteiger partial charge in [-0.25, -0.2) is 15.0 Å². The first-order valence-corrected chi connectivity index (χ1v) is 6.47. The summed E-state index contributed by atoms with van der Waals surface area (Å²) in [5, 5.41) is 6.26. The minimum atomic E-state index is 0.524. The first-order chi connectivity index (χ1) is 8.74. The van der Waals surface area contributed by atoms with Gasteiger partial charge in [-0.15, -0.1) is 11.3 Å². The topological polar surface area (TPSA) is 63.8 Å². The number of anilines is 1. The third kappa shape index (κ3) is 1.95. The van der Waals surface area contributed by atoms with Gasteiger partial charge in [0, 0.05) is 0 Å². The van der Waals surface area contributed by atoms with E-state index < -0.39 is 0 Å². The van der Waals surface area contributed by atoms with E-state index >= 15 is 0 Å². The van der Waals surface area contributed by atoms with Gasteiger partial charge in [-0.1, -0.05) is 0 Å². The van der Waals surface area contributed by atoms with E-state index in [4.69, 9.17) is 4.42 Å². The summed E-state index contributed by atoms with van der Waals surface area (Å²) in [7, 11) is 0. The largest absolute Gasteiger partial charge is 0.444 e. The molecule has 0 unspecified atom stereocenters. The number of hydrogen-bond donors (Lipinski definition) is 1. The number of nitrogens with one attached hydrogen (secondary N) is 1. The smallest absolute Gasteiger partial charge is 0.213 e. The summed E-state index contributed by atoms with van der Waals surface area (Å²) >= 11 is 1.60. The zero-order valence-electron chi connectivity index (χ0n) is 10.1. The molecule has 0 aliphatic heterocycles. The number of oxazole rings is 1. The van der Waals surface area contributed by atoms with E-state index in [1.807, 2.05) is 25.3 Å². The van der Waals surface area contributed by atoms with E-state index in [2.05, 4.69) is 20.3 Å². The van der Waals surface area contributed by atoms with Crippen LogP contribution >= 0.6 is 11.3 Å². The third-order valence-corrected chi connectivity index (χ3v) is 3.56. The van der Waals surface area contributed by atoms with Gasteiger partial charge >= 0.3 is 0 Å². The predicted octanol–water partition coefficient (Wildman–Crippen LogP) is 2.91. The van der Waals surface area contributed by atoms with Crippen molar-refractivity contribution in [2.75, 3.05) is 5.32 Å². The molecule has 5 nitrogen and oxygen atoms in total. The normalized spacial score (nSPS) is 11.0. The molecule has 1 N–H and O–H groups in total. The number of nitrogens with zero attached hydrogens (tertiary/aromatic N) is 3. The average Bonchev–Trinajstić information content (AvgIpc) is 2.94. The van der Waals surface area contributed by atoms with E-state index in [9.17, 15) is 0 Å². The number of aryl methyl sites for hydroxylation is 2. The molecule has 3 rings (SSSR count). The minimum Gasteiger partial charge on any atom is -0.444 e. The highest BCUT2D eigenvalue weighted by molar-refractivity contribution is 7.16. The van der Waals surface area contributed by atoms with E-state index in [0.717, 1.165) is 27.5 Å². The van der Waals surface area contributed by atoms with E-state index in [-0.39, 0.29) is 0 Å². The van der Waals surface area contributed by atoms with E-state index in [1.54, 1.807) is 17.7 Å². The van der Waals surface area contributed by atoms with E-state index in [0.29, 0.717) is 12.4 Å². The highest BCUT2D eigenvalue weighted by Gasteiger charge is 2.08. The SMILES string of the molecule is Cc1nc(CNc2ncnc3sccc23)oc1C. The van der Waals surface area contributed by atoms with Crippen LogP contribution in [0.4, 0.5) is 5.82 Å². The Balaban J connectivity index is 1.82. The van der Waals surface area contributed by atoms with Gasteiger partial charge in [-0.05, 0) is 25.3 Å². The van der Waals surface area contributed by atoms with Crippen LogP contribution in [0.3, 0.4) is 0 Å². The van der Waals surface area contributed by atoms with Crippen molar-refractivity contribution >= 4 is 27.4 Å². The number of thiophene rings is 1. The van der Waals surface area contributed by atoms with Gasteiger partial charge in [0.15, 0.2) is 0 Å². The highest BCUT2D eigenvalue weighted by atomic mass is 32.1. The maximum atomic E-state index is 5.52. The molecule has 0 saturated heterocycles. The first-order valence-electron chi connectivity index (χ1n) is 5.59. The van der Waals surface area contributed by atoms with Crippen LogP contribution < -0.4 is 5.32 Å². The number of aromatic nitrogens is 3. The van der Waals surface area contributed by atoms with Crippen LogP contribution in [0.25, 0.3) is 10.2 Å². The molecule has 18 heavy (non-hydrogen) atoms. The van der Waals surface area contributed by atoms with Crippen LogP contribution in [0, 0.1) is 13.8 Å². The number of hydrogen-bond acceptors (Lipinski definition) is 6. The zero-order chi connectivity index (χ0) is 12.5. The summed E-state index contributed by atoms with van der Waals surface area (Å²) in [5.74, 6) is 2.34. The molecule has 0 radical (unpaired) electrons. The van der Waals surface area contributed by atoms with Gasteiger partial charge in [0.1, 0.15) is 22.7 Å². The Morgan fingerprint density at radius 1 is 1.33 bits per heavy atom. The first kappa shape index (κ1) is 11.2.